The predicted octanol–water partition coefficient (Wildman–Crippen LogP) is 3.11. The van der Waals surface area contributed by atoms with Gasteiger partial charge in [0.25, 0.3) is 11.5 Å². The number of carbonyl (C=O) groups is 1. The fourth-order valence-electron chi connectivity index (χ4n) is 3.93. The summed E-state index contributed by atoms with van der Waals surface area (Å²) in [4.78, 5) is 38.4. The summed E-state index contributed by atoms with van der Waals surface area (Å²) in [5, 5.41) is 0.680. The first-order valence-electron chi connectivity index (χ1n) is 9.96. The Labute approximate surface area is 182 Å². The SMILES string of the molecule is COc1cccc(C(=O)N2CCc3c(sc4ncn(Cc5cccnc5)c(=O)c34)C2)c1. The number of methoxy groups -OCH3 is 1. The van der Waals surface area contributed by atoms with Crippen molar-refractivity contribution < 1.29 is 9.53 Å². The summed E-state index contributed by atoms with van der Waals surface area (Å²) < 4.78 is 6.86. The standard InChI is InChI=1S/C23H20N4O3S/c1-30-17-6-2-5-16(10-17)22(28)26-9-7-18-19(13-26)31-21-20(18)23(29)27(14-25-21)12-15-4-3-8-24-11-15/h2-6,8,10-11,14H,7,9,12-13H2,1H3. The van der Waals surface area contributed by atoms with E-state index in [1.807, 2.05) is 29.2 Å². The lowest BCUT2D eigenvalue weighted by atomic mass is 10.0. The van der Waals surface area contributed by atoms with Gasteiger partial charge in [0.1, 0.15) is 10.6 Å². The number of hydrogen-bond acceptors (Lipinski definition) is 6. The first-order chi connectivity index (χ1) is 15.1. The van der Waals surface area contributed by atoms with E-state index in [9.17, 15) is 9.59 Å². The number of pyridine rings is 1. The Morgan fingerprint density at radius 2 is 2.16 bits per heavy atom. The molecule has 1 aliphatic heterocycles. The van der Waals surface area contributed by atoms with Gasteiger partial charge in [-0.2, -0.15) is 0 Å². The highest BCUT2D eigenvalue weighted by molar-refractivity contribution is 7.18. The van der Waals surface area contributed by atoms with E-state index in [-0.39, 0.29) is 11.5 Å². The second-order valence-corrected chi connectivity index (χ2v) is 8.52. The van der Waals surface area contributed by atoms with Crippen LogP contribution in [0.5, 0.6) is 5.75 Å². The molecule has 1 amide bonds. The number of benzene rings is 1. The van der Waals surface area contributed by atoms with Crippen LogP contribution in [0.4, 0.5) is 0 Å². The molecule has 0 spiro atoms. The van der Waals surface area contributed by atoms with E-state index < -0.39 is 0 Å². The van der Waals surface area contributed by atoms with E-state index in [0.29, 0.717) is 42.8 Å². The number of thiophene rings is 1. The lowest BCUT2D eigenvalue weighted by Crippen LogP contribution is -2.35. The van der Waals surface area contributed by atoms with Gasteiger partial charge < -0.3 is 9.64 Å². The van der Waals surface area contributed by atoms with E-state index in [0.717, 1.165) is 20.8 Å². The van der Waals surface area contributed by atoms with E-state index in [4.69, 9.17) is 4.74 Å². The molecule has 4 heterocycles. The number of rotatable bonds is 4. The van der Waals surface area contributed by atoms with Gasteiger partial charge in [-0.25, -0.2) is 4.98 Å². The second-order valence-electron chi connectivity index (χ2n) is 7.43. The van der Waals surface area contributed by atoms with Crippen molar-refractivity contribution in [1.82, 2.24) is 19.4 Å². The van der Waals surface area contributed by atoms with Crippen molar-refractivity contribution in [3.8, 4) is 5.75 Å². The maximum atomic E-state index is 13.2. The van der Waals surface area contributed by atoms with Crippen molar-refractivity contribution in [2.75, 3.05) is 13.7 Å². The Balaban J connectivity index is 1.45. The molecule has 4 aromatic rings. The molecule has 1 aliphatic rings. The van der Waals surface area contributed by atoms with Crippen LogP contribution >= 0.6 is 11.3 Å². The Morgan fingerprint density at radius 1 is 1.26 bits per heavy atom. The van der Waals surface area contributed by atoms with Crippen molar-refractivity contribution in [3.63, 3.8) is 0 Å². The smallest absolute Gasteiger partial charge is 0.262 e. The van der Waals surface area contributed by atoms with Crippen LogP contribution in [0.25, 0.3) is 10.2 Å². The highest BCUT2D eigenvalue weighted by Gasteiger charge is 2.27. The topological polar surface area (TPSA) is 77.3 Å². The number of nitrogens with zero attached hydrogens (tertiary/aromatic N) is 4. The average molecular weight is 433 g/mol. The molecule has 5 rings (SSSR count). The molecule has 156 valence electrons. The highest BCUT2D eigenvalue weighted by atomic mass is 32.1. The molecule has 0 radical (unpaired) electrons. The molecule has 0 aliphatic carbocycles. The van der Waals surface area contributed by atoms with Crippen LogP contribution in [0.1, 0.15) is 26.4 Å². The Kier molecular flexibility index (Phi) is 4.99. The van der Waals surface area contributed by atoms with Crippen molar-refractivity contribution in [3.05, 3.63) is 87.0 Å². The van der Waals surface area contributed by atoms with E-state index in [2.05, 4.69) is 9.97 Å². The molecular weight excluding hydrogens is 412 g/mol. The van der Waals surface area contributed by atoms with Crippen LogP contribution in [-0.4, -0.2) is 39.0 Å². The van der Waals surface area contributed by atoms with Crippen molar-refractivity contribution in [2.45, 2.75) is 19.5 Å². The van der Waals surface area contributed by atoms with E-state index in [1.54, 1.807) is 42.5 Å². The maximum absolute atomic E-state index is 13.2. The van der Waals surface area contributed by atoms with Gasteiger partial charge in [-0.1, -0.05) is 12.1 Å². The fraction of sp³-hybridized carbons (Fsp3) is 0.217. The summed E-state index contributed by atoms with van der Waals surface area (Å²) in [6, 6.07) is 11.0. The summed E-state index contributed by atoms with van der Waals surface area (Å²) in [5.41, 5.74) is 2.53. The summed E-state index contributed by atoms with van der Waals surface area (Å²) in [7, 11) is 1.59. The highest BCUT2D eigenvalue weighted by Crippen LogP contribution is 2.33. The molecule has 0 bridgehead atoms. The quantitative estimate of drug-likeness (QED) is 0.495. The van der Waals surface area contributed by atoms with Gasteiger partial charge in [0, 0.05) is 29.4 Å². The summed E-state index contributed by atoms with van der Waals surface area (Å²) in [5.74, 6) is 0.618. The van der Waals surface area contributed by atoms with Gasteiger partial charge in [-0.3, -0.25) is 19.1 Å². The molecule has 0 saturated carbocycles. The van der Waals surface area contributed by atoms with Crippen LogP contribution in [-0.2, 0) is 19.5 Å². The summed E-state index contributed by atoms with van der Waals surface area (Å²) in [6.07, 6.45) is 5.70. The minimum Gasteiger partial charge on any atom is -0.497 e. The van der Waals surface area contributed by atoms with Crippen LogP contribution in [0.2, 0.25) is 0 Å². The van der Waals surface area contributed by atoms with Gasteiger partial charge in [0.2, 0.25) is 0 Å². The Hall–Kier alpha value is -3.52. The van der Waals surface area contributed by atoms with Gasteiger partial charge >= 0.3 is 0 Å². The predicted molar refractivity (Wildman–Crippen MR) is 119 cm³/mol. The van der Waals surface area contributed by atoms with Crippen molar-refractivity contribution in [2.24, 2.45) is 0 Å². The number of ether oxygens (including phenoxy) is 1. The fourth-order valence-corrected chi connectivity index (χ4v) is 5.13. The molecule has 0 N–H and O–H groups in total. The molecule has 31 heavy (non-hydrogen) atoms. The number of fused-ring (bicyclic) bond motifs is 3. The number of carbonyl (C=O) groups excluding carboxylic acids is 1. The number of hydrogen-bond donors (Lipinski definition) is 0. The van der Waals surface area contributed by atoms with Crippen LogP contribution in [0.15, 0.2) is 59.9 Å². The molecule has 0 atom stereocenters. The normalized spacial score (nSPS) is 13.3. The van der Waals surface area contributed by atoms with Crippen LogP contribution in [0.3, 0.4) is 0 Å². The molecule has 7 nitrogen and oxygen atoms in total. The summed E-state index contributed by atoms with van der Waals surface area (Å²) >= 11 is 1.50. The van der Waals surface area contributed by atoms with Crippen molar-refractivity contribution in [1.29, 1.82) is 0 Å². The molecule has 3 aromatic heterocycles. The molecule has 0 saturated heterocycles. The Morgan fingerprint density at radius 3 is 2.97 bits per heavy atom. The first kappa shape index (κ1) is 19.4. The third kappa shape index (κ3) is 3.59. The average Bonchev–Trinajstić information content (AvgIpc) is 3.19. The molecule has 0 unspecified atom stereocenters. The lowest BCUT2D eigenvalue weighted by Gasteiger charge is -2.27. The number of aromatic nitrogens is 3. The van der Waals surface area contributed by atoms with Gasteiger partial charge in [-0.15, -0.1) is 11.3 Å². The van der Waals surface area contributed by atoms with Crippen LogP contribution < -0.4 is 10.3 Å². The summed E-state index contributed by atoms with van der Waals surface area (Å²) in [6.45, 7) is 1.47. The molecule has 0 fully saturated rings. The first-order valence-corrected chi connectivity index (χ1v) is 10.8. The second kappa shape index (κ2) is 7.96. The maximum Gasteiger partial charge on any atom is 0.262 e. The third-order valence-corrected chi connectivity index (χ3v) is 6.63. The molecular formula is C23H20N4O3S. The van der Waals surface area contributed by atoms with E-state index in [1.165, 1.54) is 11.3 Å². The third-order valence-electron chi connectivity index (χ3n) is 5.51. The van der Waals surface area contributed by atoms with Gasteiger partial charge in [0.05, 0.1) is 31.9 Å². The lowest BCUT2D eigenvalue weighted by molar-refractivity contribution is 0.0737. The minimum atomic E-state index is -0.0427. The monoisotopic (exact) mass is 432 g/mol. The van der Waals surface area contributed by atoms with Gasteiger partial charge in [-0.05, 0) is 41.8 Å². The number of amides is 1. The largest absolute Gasteiger partial charge is 0.497 e. The zero-order valence-corrected chi connectivity index (χ0v) is 17.8. The van der Waals surface area contributed by atoms with E-state index >= 15 is 0 Å². The van der Waals surface area contributed by atoms with Crippen molar-refractivity contribution >= 4 is 27.5 Å². The zero-order valence-electron chi connectivity index (χ0n) is 16.9. The van der Waals surface area contributed by atoms with Gasteiger partial charge in [0.15, 0.2) is 0 Å². The van der Waals surface area contributed by atoms with Crippen LogP contribution in [0, 0.1) is 0 Å². The molecule has 8 heteroatoms. The zero-order chi connectivity index (χ0) is 21.4. The Bertz CT molecular complexity index is 1330. The molecule has 1 aromatic carbocycles. The minimum absolute atomic E-state index is 0.0380.